The molecule has 0 aromatic heterocycles. The summed E-state index contributed by atoms with van der Waals surface area (Å²) in [6.45, 7) is 2.01. The van der Waals surface area contributed by atoms with Crippen molar-refractivity contribution < 1.29 is 0 Å². The summed E-state index contributed by atoms with van der Waals surface area (Å²) in [4.78, 5) is 0. The van der Waals surface area contributed by atoms with Crippen LogP contribution in [0.15, 0.2) is 108 Å². The van der Waals surface area contributed by atoms with Gasteiger partial charge in [0.1, 0.15) is 0 Å². The van der Waals surface area contributed by atoms with Gasteiger partial charge in [-0.15, -0.1) is 0 Å². The van der Waals surface area contributed by atoms with Crippen LogP contribution in [0.4, 0.5) is 0 Å². The van der Waals surface area contributed by atoms with Gasteiger partial charge in [-0.2, -0.15) is 0 Å². The molecule has 0 fully saturated rings. The average Bonchev–Trinajstić information content (AvgIpc) is 2.65. The van der Waals surface area contributed by atoms with Crippen molar-refractivity contribution in [3.8, 4) is 0 Å². The van der Waals surface area contributed by atoms with Gasteiger partial charge >= 0.3 is 0 Å². The third-order valence-corrected chi connectivity index (χ3v) is 7.39. The third-order valence-electron chi connectivity index (χ3n) is 3.78. The van der Waals surface area contributed by atoms with Crippen LogP contribution in [0.2, 0.25) is 0 Å². The van der Waals surface area contributed by atoms with Crippen LogP contribution in [0.5, 0.6) is 0 Å². The molecule has 0 aliphatic heterocycles. The third kappa shape index (κ3) is 3.06. The lowest BCUT2D eigenvalue weighted by Gasteiger charge is -2.26. The molecule has 0 saturated carbocycles. The van der Waals surface area contributed by atoms with Gasteiger partial charge in [0.15, 0.2) is 0 Å². The van der Waals surface area contributed by atoms with Crippen LogP contribution in [0.25, 0.3) is 0 Å². The van der Waals surface area contributed by atoms with Gasteiger partial charge in [0.25, 0.3) is 0 Å². The molecule has 3 aromatic rings. The average molecular weight is 317 g/mol. The molecular formula is C21H20NP. The molecule has 1 nitrogen and oxygen atoms in total. The predicted octanol–water partition coefficient (Wildman–Crippen LogP) is 4.70. The van der Waals surface area contributed by atoms with E-state index in [1.54, 1.807) is 0 Å². The van der Waals surface area contributed by atoms with Crippen LogP contribution in [0, 0.1) is 0 Å². The summed E-state index contributed by atoms with van der Waals surface area (Å²) in [5.41, 5.74) is 0. The number of benzene rings is 3. The highest BCUT2D eigenvalue weighted by Gasteiger charge is 2.26. The predicted molar refractivity (Wildman–Crippen MR) is 102 cm³/mol. The summed E-state index contributed by atoms with van der Waals surface area (Å²) in [6.07, 6.45) is 3.95. The first-order valence-electron chi connectivity index (χ1n) is 7.77. The van der Waals surface area contributed by atoms with Gasteiger partial charge in [0.2, 0.25) is 0 Å². The van der Waals surface area contributed by atoms with Gasteiger partial charge < -0.3 is 0 Å². The van der Waals surface area contributed by atoms with E-state index in [4.69, 9.17) is 4.74 Å². The fourth-order valence-electron chi connectivity index (χ4n) is 2.75. The van der Waals surface area contributed by atoms with Crippen molar-refractivity contribution in [1.82, 2.24) is 0 Å². The minimum atomic E-state index is -2.03. The maximum atomic E-state index is 5.12. The van der Waals surface area contributed by atoms with Crippen LogP contribution in [-0.4, -0.2) is 0 Å². The molecule has 0 heterocycles. The van der Waals surface area contributed by atoms with Crippen LogP contribution in [-0.2, 0) is 0 Å². The zero-order valence-corrected chi connectivity index (χ0v) is 14.1. The van der Waals surface area contributed by atoms with Crippen molar-refractivity contribution in [2.75, 3.05) is 0 Å². The van der Waals surface area contributed by atoms with Crippen LogP contribution in [0.1, 0.15) is 6.92 Å². The Labute approximate surface area is 138 Å². The Balaban J connectivity index is 2.41. The zero-order chi connectivity index (χ0) is 16.0. The van der Waals surface area contributed by atoms with E-state index < -0.39 is 7.05 Å². The van der Waals surface area contributed by atoms with E-state index >= 15 is 0 Å². The smallest absolute Gasteiger partial charge is 0.0604 e. The SMILES string of the molecule is C/C=C\N=P(c1ccccc1)(c1ccccc1)c1ccccc1. The van der Waals surface area contributed by atoms with Crippen molar-refractivity contribution in [3.63, 3.8) is 0 Å². The van der Waals surface area contributed by atoms with Crippen molar-refractivity contribution in [2.45, 2.75) is 6.92 Å². The lowest BCUT2D eigenvalue weighted by atomic mass is 10.4. The maximum Gasteiger partial charge on any atom is 0.0604 e. The van der Waals surface area contributed by atoms with Crippen molar-refractivity contribution in [2.24, 2.45) is 4.74 Å². The summed E-state index contributed by atoms with van der Waals surface area (Å²) in [6, 6.07) is 31.9. The van der Waals surface area contributed by atoms with Gasteiger partial charge in [-0.1, -0.05) is 97.1 Å². The van der Waals surface area contributed by atoms with Gasteiger partial charge in [-0.05, 0) is 6.92 Å². The molecule has 0 saturated heterocycles. The minimum absolute atomic E-state index is 1.27. The fourth-order valence-corrected chi connectivity index (χ4v) is 6.18. The molecule has 0 amide bonds. The van der Waals surface area contributed by atoms with Crippen molar-refractivity contribution >= 4 is 23.0 Å². The fraction of sp³-hybridized carbons (Fsp3) is 0.0476. The quantitative estimate of drug-likeness (QED) is 0.619. The first-order valence-corrected chi connectivity index (χ1v) is 9.51. The van der Waals surface area contributed by atoms with Gasteiger partial charge in [-0.3, -0.25) is 4.74 Å². The molecule has 0 atom stereocenters. The standard InChI is InChI=1S/C21H20NP/c1-2-18-22-23(19-12-6-3-7-13-19,20-14-8-4-9-15-20)21-16-10-5-11-17-21/h2-18H,1H3/b18-2-. The lowest BCUT2D eigenvalue weighted by Crippen LogP contribution is -2.25. The molecular weight excluding hydrogens is 297 g/mol. The summed E-state index contributed by atoms with van der Waals surface area (Å²) in [7, 11) is -2.03. The molecule has 0 aliphatic carbocycles. The summed E-state index contributed by atoms with van der Waals surface area (Å²) < 4.78 is 5.12. The molecule has 3 rings (SSSR count). The molecule has 23 heavy (non-hydrogen) atoms. The molecule has 2 heteroatoms. The largest absolute Gasteiger partial charge is 0.262 e. The highest BCUT2D eigenvalue weighted by atomic mass is 31.2. The molecule has 0 aliphatic rings. The Morgan fingerprint density at radius 3 is 1.26 bits per heavy atom. The summed E-state index contributed by atoms with van der Waals surface area (Å²) >= 11 is 0. The molecule has 0 N–H and O–H groups in total. The van der Waals surface area contributed by atoms with Crippen molar-refractivity contribution in [3.05, 3.63) is 103 Å². The summed E-state index contributed by atoms with van der Waals surface area (Å²) in [5, 5.41) is 3.82. The monoisotopic (exact) mass is 317 g/mol. The van der Waals surface area contributed by atoms with E-state index in [0.717, 1.165) is 0 Å². The van der Waals surface area contributed by atoms with Gasteiger partial charge in [0.05, 0.1) is 7.05 Å². The number of nitrogens with zero attached hydrogens (tertiary/aromatic N) is 1. The van der Waals surface area contributed by atoms with Crippen LogP contribution in [0.3, 0.4) is 0 Å². The molecule has 3 aromatic carbocycles. The van der Waals surface area contributed by atoms with E-state index in [9.17, 15) is 0 Å². The number of allylic oxidation sites excluding steroid dienone is 1. The second-order valence-corrected chi connectivity index (χ2v) is 8.29. The molecule has 0 spiro atoms. The first-order chi connectivity index (χ1) is 11.4. The van der Waals surface area contributed by atoms with Crippen LogP contribution >= 0.6 is 7.05 Å². The van der Waals surface area contributed by atoms with E-state index in [0.29, 0.717) is 0 Å². The topological polar surface area (TPSA) is 12.4 Å². The Morgan fingerprint density at radius 1 is 0.609 bits per heavy atom. The van der Waals surface area contributed by atoms with Gasteiger partial charge in [0, 0.05) is 22.1 Å². The second kappa shape index (κ2) is 7.26. The van der Waals surface area contributed by atoms with E-state index in [-0.39, 0.29) is 0 Å². The Bertz CT molecular complexity index is 718. The summed E-state index contributed by atoms with van der Waals surface area (Å²) in [5.74, 6) is 0. The normalized spacial score (nSPS) is 11.5. The van der Waals surface area contributed by atoms with E-state index in [1.807, 2.05) is 19.2 Å². The molecule has 0 radical (unpaired) electrons. The maximum absolute atomic E-state index is 5.12. The zero-order valence-electron chi connectivity index (χ0n) is 13.2. The number of hydrogen-bond acceptors (Lipinski definition) is 1. The number of rotatable bonds is 4. The van der Waals surface area contributed by atoms with Gasteiger partial charge in [-0.25, -0.2) is 0 Å². The highest BCUT2D eigenvalue weighted by Crippen LogP contribution is 2.46. The highest BCUT2D eigenvalue weighted by molar-refractivity contribution is 7.87. The Hall–Kier alpha value is -2.37. The number of hydrogen-bond donors (Lipinski definition) is 0. The van der Waals surface area contributed by atoms with Crippen molar-refractivity contribution in [1.29, 1.82) is 0 Å². The Morgan fingerprint density at radius 2 is 0.957 bits per heavy atom. The first kappa shape index (κ1) is 15.5. The Kier molecular flexibility index (Phi) is 4.90. The van der Waals surface area contributed by atoms with E-state index in [2.05, 4.69) is 91.0 Å². The minimum Gasteiger partial charge on any atom is -0.262 e. The molecule has 114 valence electrons. The molecule has 0 bridgehead atoms. The lowest BCUT2D eigenvalue weighted by molar-refractivity contribution is 1.56. The van der Waals surface area contributed by atoms with Crippen LogP contribution < -0.4 is 15.9 Å². The molecule has 0 unspecified atom stereocenters. The second-order valence-electron chi connectivity index (χ2n) is 5.24. The van der Waals surface area contributed by atoms with E-state index in [1.165, 1.54) is 15.9 Å².